The molecule has 1 amide bonds. The highest BCUT2D eigenvalue weighted by Crippen LogP contribution is 2.16. The van der Waals surface area contributed by atoms with Gasteiger partial charge in [-0.1, -0.05) is 23.4 Å². The third kappa shape index (κ3) is 3.66. The summed E-state index contributed by atoms with van der Waals surface area (Å²) in [5.74, 6) is 0.470. The van der Waals surface area contributed by atoms with E-state index in [-0.39, 0.29) is 12.1 Å². The number of aromatic nitrogens is 4. The predicted molar refractivity (Wildman–Crippen MR) is 103 cm³/mol. The number of rotatable bonds is 5. The number of hydrogen-bond donors (Lipinski definition) is 1. The number of pyridine rings is 1. The summed E-state index contributed by atoms with van der Waals surface area (Å²) in [7, 11) is 0. The summed E-state index contributed by atoms with van der Waals surface area (Å²) >= 11 is 0. The van der Waals surface area contributed by atoms with E-state index < -0.39 is 5.91 Å². The van der Waals surface area contributed by atoms with Crippen LogP contribution >= 0.6 is 0 Å². The van der Waals surface area contributed by atoms with Crippen LogP contribution in [0.1, 0.15) is 17.0 Å². The van der Waals surface area contributed by atoms with Gasteiger partial charge in [-0.25, -0.2) is 4.68 Å². The highest BCUT2D eigenvalue weighted by Gasteiger charge is 2.14. The zero-order valence-electron chi connectivity index (χ0n) is 15.1. The SMILES string of the molecule is Cc1cc(NC(=O)Cn2nc(Cc3ccncc3)c3ccccc3c2=O)no1. The molecule has 0 atom stereocenters. The van der Waals surface area contributed by atoms with Crippen molar-refractivity contribution in [1.29, 1.82) is 0 Å². The first-order valence-corrected chi connectivity index (χ1v) is 8.71. The van der Waals surface area contributed by atoms with Gasteiger partial charge in [-0.05, 0) is 30.7 Å². The number of nitrogens with one attached hydrogen (secondary N) is 1. The average molecular weight is 375 g/mol. The number of benzene rings is 1. The van der Waals surface area contributed by atoms with E-state index in [9.17, 15) is 9.59 Å². The van der Waals surface area contributed by atoms with Crippen LogP contribution in [0, 0.1) is 6.92 Å². The number of carbonyl (C=O) groups is 1. The number of fused-ring (bicyclic) bond motifs is 1. The minimum absolute atomic E-state index is 0.223. The smallest absolute Gasteiger partial charge is 0.275 e. The van der Waals surface area contributed by atoms with E-state index in [4.69, 9.17) is 4.52 Å². The lowest BCUT2D eigenvalue weighted by Gasteiger charge is -2.11. The second kappa shape index (κ2) is 7.43. The maximum absolute atomic E-state index is 12.8. The second-order valence-electron chi connectivity index (χ2n) is 6.36. The van der Waals surface area contributed by atoms with Crippen LogP contribution in [0.25, 0.3) is 10.8 Å². The van der Waals surface area contributed by atoms with Gasteiger partial charge in [-0.15, -0.1) is 0 Å². The van der Waals surface area contributed by atoms with Crippen molar-refractivity contribution in [3.8, 4) is 0 Å². The highest BCUT2D eigenvalue weighted by atomic mass is 16.5. The van der Waals surface area contributed by atoms with Crippen molar-refractivity contribution < 1.29 is 9.32 Å². The molecule has 0 saturated carbocycles. The van der Waals surface area contributed by atoms with Crippen LogP contribution in [0.2, 0.25) is 0 Å². The molecule has 140 valence electrons. The Labute approximate surface area is 159 Å². The van der Waals surface area contributed by atoms with Crippen molar-refractivity contribution in [2.75, 3.05) is 5.32 Å². The number of anilines is 1. The summed E-state index contributed by atoms with van der Waals surface area (Å²) < 4.78 is 6.11. The van der Waals surface area contributed by atoms with Crippen LogP contribution in [0.5, 0.6) is 0 Å². The number of hydrogen-bond acceptors (Lipinski definition) is 6. The van der Waals surface area contributed by atoms with Crippen molar-refractivity contribution >= 4 is 22.5 Å². The molecule has 8 nitrogen and oxygen atoms in total. The lowest BCUT2D eigenvalue weighted by atomic mass is 10.1. The first-order valence-electron chi connectivity index (χ1n) is 8.71. The van der Waals surface area contributed by atoms with Gasteiger partial charge in [0, 0.05) is 30.3 Å². The van der Waals surface area contributed by atoms with Gasteiger partial charge in [0.2, 0.25) is 5.91 Å². The van der Waals surface area contributed by atoms with Gasteiger partial charge in [0.25, 0.3) is 5.56 Å². The number of nitrogens with zero attached hydrogens (tertiary/aromatic N) is 4. The third-order valence-corrected chi connectivity index (χ3v) is 4.25. The van der Waals surface area contributed by atoms with E-state index in [1.54, 1.807) is 37.5 Å². The zero-order chi connectivity index (χ0) is 19.5. The lowest BCUT2D eigenvalue weighted by Crippen LogP contribution is -2.30. The highest BCUT2D eigenvalue weighted by molar-refractivity contribution is 5.90. The van der Waals surface area contributed by atoms with Crippen LogP contribution < -0.4 is 10.9 Å². The molecule has 28 heavy (non-hydrogen) atoms. The maximum atomic E-state index is 12.8. The fraction of sp³-hybridized carbons (Fsp3) is 0.150. The Balaban J connectivity index is 1.68. The third-order valence-electron chi connectivity index (χ3n) is 4.25. The van der Waals surface area contributed by atoms with Crippen molar-refractivity contribution in [2.24, 2.45) is 0 Å². The summed E-state index contributed by atoms with van der Waals surface area (Å²) in [6.07, 6.45) is 3.94. The molecule has 0 aliphatic carbocycles. The average Bonchev–Trinajstić information content (AvgIpc) is 3.11. The lowest BCUT2D eigenvalue weighted by molar-refractivity contribution is -0.117. The second-order valence-corrected chi connectivity index (χ2v) is 6.36. The number of carbonyl (C=O) groups excluding carboxylic acids is 1. The van der Waals surface area contributed by atoms with E-state index in [2.05, 4.69) is 20.6 Å². The molecule has 3 heterocycles. The Kier molecular flexibility index (Phi) is 4.67. The number of aryl methyl sites for hydroxylation is 1. The molecule has 0 radical (unpaired) electrons. The zero-order valence-corrected chi connectivity index (χ0v) is 15.1. The van der Waals surface area contributed by atoms with Crippen LogP contribution in [0.4, 0.5) is 5.82 Å². The minimum Gasteiger partial charge on any atom is -0.360 e. The van der Waals surface area contributed by atoms with E-state index in [0.717, 1.165) is 10.9 Å². The van der Waals surface area contributed by atoms with Gasteiger partial charge in [0.05, 0.1) is 11.1 Å². The normalized spacial score (nSPS) is 10.9. The van der Waals surface area contributed by atoms with Crippen molar-refractivity contribution in [3.63, 3.8) is 0 Å². The predicted octanol–water partition coefficient (Wildman–Crippen LogP) is 2.32. The van der Waals surface area contributed by atoms with Crippen LogP contribution in [0.15, 0.2) is 64.2 Å². The Morgan fingerprint density at radius 1 is 1.14 bits per heavy atom. The summed E-state index contributed by atoms with van der Waals surface area (Å²) in [5, 5.41) is 12.1. The van der Waals surface area contributed by atoms with Crippen molar-refractivity contribution in [3.05, 3.63) is 82.2 Å². The van der Waals surface area contributed by atoms with Gasteiger partial charge in [-0.3, -0.25) is 14.6 Å². The van der Waals surface area contributed by atoms with Gasteiger partial charge >= 0.3 is 0 Å². The van der Waals surface area contributed by atoms with E-state index in [0.29, 0.717) is 29.1 Å². The molecule has 0 spiro atoms. The molecule has 4 aromatic rings. The summed E-state index contributed by atoms with van der Waals surface area (Å²) in [4.78, 5) is 29.2. The first kappa shape index (κ1) is 17.6. The van der Waals surface area contributed by atoms with Crippen molar-refractivity contribution in [1.82, 2.24) is 19.9 Å². The van der Waals surface area contributed by atoms with Gasteiger partial charge in [0.1, 0.15) is 12.3 Å². The molecule has 0 saturated heterocycles. The van der Waals surface area contributed by atoms with Crippen LogP contribution in [-0.2, 0) is 17.8 Å². The molecule has 1 N–H and O–H groups in total. The van der Waals surface area contributed by atoms with Gasteiger partial charge < -0.3 is 9.84 Å². The van der Waals surface area contributed by atoms with Crippen molar-refractivity contribution in [2.45, 2.75) is 19.9 Å². The molecule has 0 unspecified atom stereocenters. The molecule has 3 aromatic heterocycles. The molecular weight excluding hydrogens is 358 g/mol. The fourth-order valence-electron chi connectivity index (χ4n) is 2.98. The molecule has 4 rings (SSSR count). The molecule has 0 aliphatic rings. The molecule has 1 aromatic carbocycles. The largest absolute Gasteiger partial charge is 0.360 e. The molecule has 0 bridgehead atoms. The monoisotopic (exact) mass is 375 g/mol. The topological polar surface area (TPSA) is 103 Å². The van der Waals surface area contributed by atoms with Gasteiger partial charge in [-0.2, -0.15) is 5.10 Å². The summed E-state index contributed by atoms with van der Waals surface area (Å²) in [5.41, 5.74) is 1.41. The number of amides is 1. The molecule has 0 fully saturated rings. The van der Waals surface area contributed by atoms with Crippen LogP contribution in [0.3, 0.4) is 0 Å². The summed E-state index contributed by atoms with van der Waals surface area (Å²) in [6, 6.07) is 12.7. The minimum atomic E-state index is -0.409. The fourth-order valence-corrected chi connectivity index (χ4v) is 2.98. The standard InChI is InChI=1S/C20H17N5O3/c1-13-10-18(24-28-13)22-19(26)12-25-20(27)16-5-3-2-4-15(16)17(23-25)11-14-6-8-21-9-7-14/h2-10H,11-12H2,1H3,(H,22,24,26). The Morgan fingerprint density at radius 3 is 2.61 bits per heavy atom. The Bertz CT molecular complexity index is 1200. The summed E-state index contributed by atoms with van der Waals surface area (Å²) in [6.45, 7) is 1.50. The van der Waals surface area contributed by atoms with E-state index in [1.807, 2.05) is 24.3 Å². The molecule has 0 aliphatic heterocycles. The van der Waals surface area contributed by atoms with Crippen LogP contribution in [-0.4, -0.2) is 25.8 Å². The van der Waals surface area contributed by atoms with E-state index in [1.165, 1.54) is 4.68 Å². The Morgan fingerprint density at radius 2 is 1.89 bits per heavy atom. The Hall–Kier alpha value is -3.81. The van der Waals surface area contributed by atoms with Gasteiger partial charge in [0.15, 0.2) is 5.82 Å². The quantitative estimate of drug-likeness (QED) is 0.574. The van der Waals surface area contributed by atoms with E-state index >= 15 is 0 Å². The molecular formula is C20H17N5O3. The molecule has 8 heteroatoms. The maximum Gasteiger partial charge on any atom is 0.275 e. The first-order chi connectivity index (χ1) is 13.6.